The van der Waals surface area contributed by atoms with Gasteiger partial charge in [-0.2, -0.15) is 0 Å². The minimum atomic E-state index is -0.461. The lowest BCUT2D eigenvalue weighted by Crippen LogP contribution is -2.40. The second-order valence-corrected chi connectivity index (χ2v) is 6.72. The van der Waals surface area contributed by atoms with Crippen molar-refractivity contribution in [2.24, 2.45) is 7.05 Å². The maximum absolute atomic E-state index is 13.0. The summed E-state index contributed by atoms with van der Waals surface area (Å²) in [5.74, 6) is 0. The molecule has 3 rings (SSSR count). The molecule has 25 heavy (non-hydrogen) atoms. The smallest absolute Gasteiger partial charge is 0.332 e. The van der Waals surface area contributed by atoms with Crippen LogP contribution in [0.3, 0.4) is 0 Å². The first kappa shape index (κ1) is 17.9. The van der Waals surface area contributed by atoms with Crippen molar-refractivity contribution in [1.29, 1.82) is 0 Å². The SMILES string of the molecule is Cn1c(=O)n(Cc2ccccc2Cl)c(=O)c2c1nc(Br)n2CCCO. The summed E-state index contributed by atoms with van der Waals surface area (Å²) in [4.78, 5) is 29.9. The molecule has 0 spiro atoms. The van der Waals surface area contributed by atoms with Crippen LogP contribution < -0.4 is 11.2 Å². The number of aryl methyl sites for hydroxylation is 2. The van der Waals surface area contributed by atoms with E-state index in [-0.39, 0.29) is 13.2 Å². The Balaban J connectivity index is 2.24. The fourth-order valence-corrected chi connectivity index (χ4v) is 3.43. The molecule has 7 nitrogen and oxygen atoms in total. The molecule has 0 amide bonds. The number of imidazole rings is 1. The Morgan fingerprint density at radius 1 is 1.24 bits per heavy atom. The highest BCUT2D eigenvalue weighted by atomic mass is 79.9. The fraction of sp³-hybridized carbons (Fsp3) is 0.312. The van der Waals surface area contributed by atoms with Crippen molar-refractivity contribution in [3.05, 3.63) is 60.4 Å². The first-order valence-corrected chi connectivity index (χ1v) is 8.82. The van der Waals surface area contributed by atoms with Crippen LogP contribution in [-0.4, -0.2) is 30.4 Å². The zero-order chi connectivity index (χ0) is 18.1. The molecular formula is C16H16BrClN4O3. The summed E-state index contributed by atoms with van der Waals surface area (Å²) in [6.07, 6.45) is 0.469. The van der Waals surface area contributed by atoms with Gasteiger partial charge >= 0.3 is 5.69 Å². The minimum Gasteiger partial charge on any atom is -0.396 e. The van der Waals surface area contributed by atoms with Crippen molar-refractivity contribution in [3.63, 3.8) is 0 Å². The molecule has 0 aliphatic heterocycles. The second kappa shape index (κ2) is 7.15. The largest absolute Gasteiger partial charge is 0.396 e. The molecule has 9 heteroatoms. The van der Waals surface area contributed by atoms with Gasteiger partial charge in [0.15, 0.2) is 15.9 Å². The van der Waals surface area contributed by atoms with E-state index >= 15 is 0 Å². The number of aliphatic hydroxyl groups excluding tert-OH is 1. The van der Waals surface area contributed by atoms with Crippen LogP contribution in [0.25, 0.3) is 11.2 Å². The van der Waals surface area contributed by atoms with Gasteiger partial charge in [0.1, 0.15) is 0 Å². The van der Waals surface area contributed by atoms with Crippen LogP contribution in [0.1, 0.15) is 12.0 Å². The molecule has 0 atom stereocenters. The summed E-state index contributed by atoms with van der Waals surface area (Å²) in [6.45, 7) is 0.475. The minimum absolute atomic E-state index is 0.00824. The predicted molar refractivity (Wildman–Crippen MR) is 99.2 cm³/mol. The van der Waals surface area contributed by atoms with Crippen molar-refractivity contribution < 1.29 is 5.11 Å². The van der Waals surface area contributed by atoms with Gasteiger partial charge in [0.25, 0.3) is 5.56 Å². The number of fused-ring (bicyclic) bond motifs is 1. The number of aromatic nitrogens is 4. The van der Waals surface area contributed by atoms with Gasteiger partial charge < -0.3 is 9.67 Å². The van der Waals surface area contributed by atoms with Crippen molar-refractivity contribution in [3.8, 4) is 0 Å². The number of rotatable bonds is 5. The first-order valence-electron chi connectivity index (χ1n) is 7.65. The van der Waals surface area contributed by atoms with Crippen LogP contribution in [0.5, 0.6) is 0 Å². The van der Waals surface area contributed by atoms with E-state index in [4.69, 9.17) is 16.7 Å². The summed E-state index contributed by atoms with van der Waals surface area (Å²) in [6, 6.07) is 7.08. The van der Waals surface area contributed by atoms with Crippen LogP contribution >= 0.6 is 27.5 Å². The molecule has 0 aliphatic rings. The number of aliphatic hydroxyl groups is 1. The van der Waals surface area contributed by atoms with Gasteiger partial charge in [0, 0.05) is 25.2 Å². The van der Waals surface area contributed by atoms with Gasteiger partial charge in [-0.3, -0.25) is 13.9 Å². The third kappa shape index (κ3) is 3.17. The molecular weight excluding hydrogens is 412 g/mol. The molecule has 1 N–H and O–H groups in total. The molecule has 0 saturated carbocycles. The standard InChI is InChI=1S/C16H16BrClN4O3/c1-20-13-12(21(7-4-8-23)15(17)19-13)14(24)22(16(20)25)9-10-5-2-3-6-11(10)18/h2-3,5-6,23H,4,7-9H2,1H3. The highest BCUT2D eigenvalue weighted by Crippen LogP contribution is 2.18. The van der Waals surface area contributed by atoms with Crippen molar-refractivity contribution in [2.75, 3.05) is 6.61 Å². The molecule has 0 saturated heterocycles. The molecule has 3 aromatic rings. The monoisotopic (exact) mass is 426 g/mol. The van der Waals surface area contributed by atoms with Crippen LogP contribution in [0, 0.1) is 0 Å². The van der Waals surface area contributed by atoms with Gasteiger partial charge in [-0.15, -0.1) is 0 Å². The van der Waals surface area contributed by atoms with Crippen LogP contribution in [0.2, 0.25) is 5.02 Å². The number of nitrogens with zero attached hydrogens (tertiary/aromatic N) is 4. The van der Waals surface area contributed by atoms with E-state index in [1.807, 2.05) is 0 Å². The molecule has 0 bridgehead atoms. The third-order valence-corrected chi connectivity index (χ3v) is 4.99. The fourth-order valence-electron chi connectivity index (χ4n) is 2.71. The molecule has 2 heterocycles. The summed E-state index contributed by atoms with van der Waals surface area (Å²) >= 11 is 9.48. The Morgan fingerprint density at radius 2 is 1.96 bits per heavy atom. The topological polar surface area (TPSA) is 82.0 Å². The summed E-state index contributed by atoms with van der Waals surface area (Å²) < 4.78 is 4.59. The zero-order valence-corrected chi connectivity index (χ0v) is 15.8. The van der Waals surface area contributed by atoms with E-state index in [1.54, 1.807) is 35.9 Å². The number of hydrogen-bond acceptors (Lipinski definition) is 4. The first-order chi connectivity index (χ1) is 12.0. The lowest BCUT2D eigenvalue weighted by molar-refractivity contribution is 0.280. The number of benzene rings is 1. The highest BCUT2D eigenvalue weighted by molar-refractivity contribution is 9.10. The zero-order valence-electron chi connectivity index (χ0n) is 13.4. The van der Waals surface area contributed by atoms with E-state index < -0.39 is 11.2 Å². The molecule has 0 unspecified atom stereocenters. The lowest BCUT2D eigenvalue weighted by atomic mass is 10.2. The Bertz CT molecular complexity index is 1050. The molecule has 2 aromatic heterocycles. The van der Waals surface area contributed by atoms with Gasteiger partial charge in [0.2, 0.25) is 0 Å². The van der Waals surface area contributed by atoms with Gasteiger partial charge in [-0.05, 0) is 34.0 Å². The van der Waals surface area contributed by atoms with E-state index in [0.717, 1.165) is 4.57 Å². The summed E-state index contributed by atoms with van der Waals surface area (Å²) in [5.41, 5.74) is 0.402. The second-order valence-electron chi connectivity index (χ2n) is 5.61. The maximum atomic E-state index is 13.0. The molecule has 0 aliphatic carbocycles. The van der Waals surface area contributed by atoms with E-state index in [0.29, 0.717) is 39.4 Å². The predicted octanol–water partition coefficient (Wildman–Crippen LogP) is 1.74. The van der Waals surface area contributed by atoms with E-state index in [9.17, 15) is 9.59 Å². The normalized spacial score (nSPS) is 11.4. The summed E-state index contributed by atoms with van der Waals surface area (Å²) in [5, 5.41) is 9.57. The average molecular weight is 428 g/mol. The van der Waals surface area contributed by atoms with Crippen LogP contribution in [-0.2, 0) is 20.1 Å². The van der Waals surface area contributed by atoms with Crippen molar-refractivity contribution in [1.82, 2.24) is 18.7 Å². The Labute approximate surface area is 156 Å². The molecule has 0 radical (unpaired) electrons. The Hall–Kier alpha value is -1.90. The van der Waals surface area contributed by atoms with E-state index in [1.165, 1.54) is 4.57 Å². The van der Waals surface area contributed by atoms with Crippen LogP contribution in [0.4, 0.5) is 0 Å². The quantitative estimate of drug-likeness (QED) is 0.629. The summed E-state index contributed by atoms with van der Waals surface area (Å²) in [7, 11) is 1.57. The number of hydrogen-bond donors (Lipinski definition) is 1. The third-order valence-electron chi connectivity index (χ3n) is 4.01. The van der Waals surface area contributed by atoms with Crippen molar-refractivity contribution in [2.45, 2.75) is 19.5 Å². The van der Waals surface area contributed by atoms with Gasteiger partial charge in [-0.25, -0.2) is 9.78 Å². The Morgan fingerprint density at radius 3 is 2.64 bits per heavy atom. The molecule has 1 aromatic carbocycles. The van der Waals surface area contributed by atoms with Gasteiger partial charge in [-0.1, -0.05) is 29.8 Å². The van der Waals surface area contributed by atoms with Crippen LogP contribution in [0.15, 0.2) is 38.6 Å². The lowest BCUT2D eigenvalue weighted by Gasteiger charge is -2.10. The Kier molecular flexibility index (Phi) is 5.12. The molecule has 0 fully saturated rings. The average Bonchev–Trinajstić information content (AvgIpc) is 2.93. The molecule has 132 valence electrons. The number of halogens is 2. The highest BCUT2D eigenvalue weighted by Gasteiger charge is 2.19. The van der Waals surface area contributed by atoms with Gasteiger partial charge in [0.05, 0.1) is 6.54 Å². The maximum Gasteiger partial charge on any atom is 0.332 e. The van der Waals surface area contributed by atoms with E-state index in [2.05, 4.69) is 20.9 Å². The van der Waals surface area contributed by atoms with Crippen molar-refractivity contribution >= 4 is 38.7 Å².